The fourth-order valence-electron chi connectivity index (χ4n) is 7.28. The lowest BCUT2D eigenvalue weighted by Gasteiger charge is -2.56. The van der Waals surface area contributed by atoms with Gasteiger partial charge in [-0.15, -0.1) is 0 Å². The summed E-state index contributed by atoms with van der Waals surface area (Å²) in [6, 6.07) is 0. The molecule has 0 aliphatic heterocycles. The summed E-state index contributed by atoms with van der Waals surface area (Å²) in [7, 11) is 1.79. The standard InChI is InChI=1S/C22H34O3/c1-4-21-11-9-18-17-8-6-16(25-3)13-15(17)5-7-19(18)20(21)10-12-22(21,24)14(2)23/h6,14,18-20,23-24H,4-5,7-13H2,1-3H3/t14-,18+,19+,20-,21?,22+/m0/s1. The first-order chi connectivity index (χ1) is 12.0. The van der Waals surface area contributed by atoms with Gasteiger partial charge in [0, 0.05) is 11.8 Å². The smallest absolute Gasteiger partial charge is 0.0961 e. The van der Waals surface area contributed by atoms with E-state index in [1.165, 1.54) is 19.3 Å². The summed E-state index contributed by atoms with van der Waals surface area (Å²) in [5.41, 5.74) is 2.35. The van der Waals surface area contributed by atoms with Crippen LogP contribution >= 0.6 is 0 Å². The molecule has 0 aromatic rings. The van der Waals surface area contributed by atoms with Crippen molar-refractivity contribution in [3.8, 4) is 0 Å². The molecule has 0 saturated heterocycles. The first kappa shape index (κ1) is 17.6. The quantitative estimate of drug-likeness (QED) is 0.747. The third kappa shape index (κ3) is 2.31. The largest absolute Gasteiger partial charge is 0.501 e. The molecule has 0 aromatic carbocycles. The zero-order valence-corrected chi connectivity index (χ0v) is 16.1. The fourth-order valence-corrected chi connectivity index (χ4v) is 7.28. The molecule has 3 heteroatoms. The van der Waals surface area contributed by atoms with Crippen LogP contribution in [-0.4, -0.2) is 29.0 Å². The summed E-state index contributed by atoms with van der Waals surface area (Å²) in [6.45, 7) is 4.03. The van der Waals surface area contributed by atoms with E-state index in [0.717, 1.165) is 44.3 Å². The first-order valence-corrected chi connectivity index (χ1v) is 10.3. The fraction of sp³-hybridized carbons (Fsp3) is 0.818. The van der Waals surface area contributed by atoms with Crippen molar-refractivity contribution in [1.29, 1.82) is 0 Å². The van der Waals surface area contributed by atoms with Crippen LogP contribution in [-0.2, 0) is 4.74 Å². The number of methoxy groups -OCH3 is 1. The van der Waals surface area contributed by atoms with Crippen molar-refractivity contribution >= 4 is 0 Å². The molecule has 2 saturated carbocycles. The molecule has 0 radical (unpaired) electrons. The molecule has 1 unspecified atom stereocenters. The third-order valence-electron chi connectivity index (χ3n) is 8.55. The van der Waals surface area contributed by atoms with Gasteiger partial charge >= 0.3 is 0 Å². The van der Waals surface area contributed by atoms with Gasteiger partial charge in [-0.1, -0.05) is 18.1 Å². The summed E-state index contributed by atoms with van der Waals surface area (Å²) >= 11 is 0. The second-order valence-electron chi connectivity index (χ2n) is 8.99. The lowest BCUT2D eigenvalue weighted by molar-refractivity contribution is -0.171. The normalized spacial score (nSPS) is 44.5. The molecule has 2 fully saturated rings. The lowest BCUT2D eigenvalue weighted by atomic mass is 9.50. The highest BCUT2D eigenvalue weighted by Gasteiger charge is 2.64. The Kier molecular flexibility index (Phi) is 4.31. The van der Waals surface area contributed by atoms with Crippen LogP contribution < -0.4 is 0 Å². The Morgan fingerprint density at radius 3 is 2.76 bits per heavy atom. The van der Waals surface area contributed by atoms with Crippen molar-refractivity contribution in [2.75, 3.05) is 7.11 Å². The zero-order chi connectivity index (χ0) is 17.8. The summed E-state index contributed by atoms with van der Waals surface area (Å²) in [6.07, 6.45) is 11.3. The van der Waals surface area contributed by atoms with E-state index in [2.05, 4.69) is 13.0 Å². The van der Waals surface area contributed by atoms with E-state index in [1.807, 2.05) is 0 Å². The van der Waals surface area contributed by atoms with Gasteiger partial charge in [0.25, 0.3) is 0 Å². The van der Waals surface area contributed by atoms with Crippen LogP contribution in [0.5, 0.6) is 0 Å². The SMILES string of the molecule is CCC12CC[C@@H]3C4=C(CC[C@H]3[C@@H]1CC[C@@]2(O)[C@H](C)O)CC(OC)=CC4. The molecule has 6 atom stereocenters. The maximum absolute atomic E-state index is 11.4. The van der Waals surface area contributed by atoms with Crippen LogP contribution in [0.1, 0.15) is 71.6 Å². The summed E-state index contributed by atoms with van der Waals surface area (Å²) in [5, 5.41) is 21.8. The van der Waals surface area contributed by atoms with Gasteiger partial charge in [0.05, 0.1) is 24.6 Å². The van der Waals surface area contributed by atoms with E-state index in [9.17, 15) is 10.2 Å². The van der Waals surface area contributed by atoms with Gasteiger partial charge < -0.3 is 14.9 Å². The maximum Gasteiger partial charge on any atom is 0.0961 e. The Morgan fingerprint density at radius 1 is 1.28 bits per heavy atom. The molecule has 0 heterocycles. The van der Waals surface area contributed by atoms with E-state index in [0.29, 0.717) is 17.8 Å². The van der Waals surface area contributed by atoms with Crippen LogP contribution in [0.15, 0.2) is 23.0 Å². The Morgan fingerprint density at radius 2 is 2.08 bits per heavy atom. The minimum absolute atomic E-state index is 0.0808. The number of allylic oxidation sites excluding steroid dienone is 3. The molecule has 2 N–H and O–H groups in total. The van der Waals surface area contributed by atoms with E-state index >= 15 is 0 Å². The van der Waals surface area contributed by atoms with Crippen molar-refractivity contribution in [2.45, 2.75) is 83.3 Å². The van der Waals surface area contributed by atoms with Crippen molar-refractivity contribution in [2.24, 2.45) is 23.2 Å². The predicted octanol–water partition coefficient (Wildman–Crippen LogP) is 4.35. The molecular weight excluding hydrogens is 312 g/mol. The van der Waals surface area contributed by atoms with Gasteiger partial charge in [-0.05, 0) is 82.1 Å². The average molecular weight is 347 g/mol. The first-order valence-electron chi connectivity index (χ1n) is 10.3. The van der Waals surface area contributed by atoms with Gasteiger partial charge in [-0.25, -0.2) is 0 Å². The predicted molar refractivity (Wildman–Crippen MR) is 98.9 cm³/mol. The molecule has 4 aliphatic carbocycles. The van der Waals surface area contributed by atoms with Crippen molar-refractivity contribution in [1.82, 2.24) is 0 Å². The minimum atomic E-state index is -0.887. The Hall–Kier alpha value is -0.800. The number of hydrogen-bond donors (Lipinski definition) is 2. The molecule has 140 valence electrons. The summed E-state index contributed by atoms with van der Waals surface area (Å²) in [4.78, 5) is 0. The Labute approximate surface area is 152 Å². The highest BCUT2D eigenvalue weighted by Crippen LogP contribution is 2.66. The highest BCUT2D eigenvalue weighted by molar-refractivity contribution is 5.33. The monoisotopic (exact) mass is 346 g/mol. The average Bonchev–Trinajstić information content (AvgIpc) is 2.95. The Bertz CT molecular complexity index is 604. The van der Waals surface area contributed by atoms with Gasteiger partial charge in [-0.2, -0.15) is 0 Å². The van der Waals surface area contributed by atoms with Crippen molar-refractivity contribution in [3.63, 3.8) is 0 Å². The topological polar surface area (TPSA) is 49.7 Å². The molecule has 0 bridgehead atoms. The molecule has 4 aliphatic rings. The molecule has 3 nitrogen and oxygen atoms in total. The Balaban J connectivity index is 1.64. The molecule has 0 spiro atoms. The van der Waals surface area contributed by atoms with E-state index in [-0.39, 0.29) is 5.41 Å². The molecule has 0 amide bonds. The number of aliphatic hydroxyl groups excluding tert-OH is 1. The van der Waals surface area contributed by atoms with E-state index < -0.39 is 11.7 Å². The minimum Gasteiger partial charge on any atom is -0.501 e. The summed E-state index contributed by atoms with van der Waals surface area (Å²) in [5.74, 6) is 3.09. The number of ether oxygens (including phenoxy) is 1. The van der Waals surface area contributed by atoms with E-state index in [1.54, 1.807) is 25.2 Å². The second-order valence-corrected chi connectivity index (χ2v) is 8.99. The van der Waals surface area contributed by atoms with Gasteiger partial charge in [0.1, 0.15) is 0 Å². The molecule has 25 heavy (non-hydrogen) atoms. The number of rotatable bonds is 3. The third-order valence-corrected chi connectivity index (χ3v) is 8.55. The molecular formula is C22H34O3. The molecule has 0 aromatic heterocycles. The van der Waals surface area contributed by atoms with Gasteiger partial charge in [-0.3, -0.25) is 0 Å². The van der Waals surface area contributed by atoms with Crippen molar-refractivity contribution in [3.05, 3.63) is 23.0 Å². The highest BCUT2D eigenvalue weighted by atomic mass is 16.5. The van der Waals surface area contributed by atoms with Crippen LogP contribution in [0.2, 0.25) is 0 Å². The van der Waals surface area contributed by atoms with Crippen LogP contribution in [0.4, 0.5) is 0 Å². The number of hydrogen-bond acceptors (Lipinski definition) is 3. The maximum atomic E-state index is 11.4. The van der Waals surface area contributed by atoms with Crippen LogP contribution in [0.3, 0.4) is 0 Å². The summed E-state index contributed by atoms with van der Waals surface area (Å²) < 4.78 is 5.50. The van der Waals surface area contributed by atoms with E-state index in [4.69, 9.17) is 4.74 Å². The lowest BCUT2D eigenvalue weighted by Crippen LogP contribution is -2.57. The van der Waals surface area contributed by atoms with Crippen molar-refractivity contribution < 1.29 is 14.9 Å². The molecule has 4 rings (SSSR count). The zero-order valence-electron chi connectivity index (χ0n) is 16.1. The van der Waals surface area contributed by atoms with Crippen LogP contribution in [0.25, 0.3) is 0 Å². The number of aliphatic hydroxyl groups is 2. The van der Waals surface area contributed by atoms with Crippen LogP contribution in [0, 0.1) is 23.2 Å². The van der Waals surface area contributed by atoms with Gasteiger partial charge in [0.2, 0.25) is 0 Å². The second kappa shape index (κ2) is 6.13. The van der Waals surface area contributed by atoms with Gasteiger partial charge in [0.15, 0.2) is 0 Å². The number of fused-ring (bicyclic) bond motifs is 4.